The van der Waals surface area contributed by atoms with Crippen LogP contribution in [0.1, 0.15) is 38.3 Å². The summed E-state index contributed by atoms with van der Waals surface area (Å²) in [6.07, 6.45) is 8.84. The van der Waals surface area contributed by atoms with Crippen LogP contribution in [-0.2, 0) is 9.59 Å². The topological polar surface area (TPSA) is 55.2 Å². The van der Waals surface area contributed by atoms with Gasteiger partial charge in [0.15, 0.2) is 0 Å². The molecule has 25 heavy (non-hydrogen) atoms. The number of nitrogens with zero attached hydrogens (tertiary/aromatic N) is 3. The summed E-state index contributed by atoms with van der Waals surface area (Å²) >= 11 is 0. The number of benzene rings is 1. The van der Waals surface area contributed by atoms with E-state index < -0.39 is 0 Å². The largest absolute Gasteiger partial charge is 0.306 e. The number of likely N-dealkylation sites (tertiary alicyclic amines) is 1. The quantitative estimate of drug-likeness (QED) is 0.639. The summed E-state index contributed by atoms with van der Waals surface area (Å²) in [5.41, 5.74) is 3.18. The summed E-state index contributed by atoms with van der Waals surface area (Å²) in [4.78, 5) is 31.1. The fraction of sp³-hybridized carbons (Fsp3) is 0.350. The third-order valence-corrected chi connectivity index (χ3v) is 5.42. The molecule has 0 unspecified atom stereocenters. The minimum absolute atomic E-state index is 0.0198. The first kappa shape index (κ1) is 15.8. The van der Waals surface area contributed by atoms with Gasteiger partial charge in [0.25, 0.3) is 0 Å². The van der Waals surface area contributed by atoms with Crippen LogP contribution in [0.2, 0.25) is 0 Å². The number of hydrogen-bond donors (Lipinski definition) is 0. The number of aromatic nitrogens is 2. The number of rotatable bonds is 3. The molecular formula is C20H21N3O2. The lowest BCUT2D eigenvalue weighted by atomic mass is 9.82. The van der Waals surface area contributed by atoms with Crippen LogP contribution in [0.15, 0.2) is 54.6 Å². The molecule has 5 nitrogen and oxygen atoms in total. The molecule has 0 saturated carbocycles. The highest BCUT2D eigenvalue weighted by Crippen LogP contribution is 2.41. The predicted molar refractivity (Wildman–Crippen MR) is 93.8 cm³/mol. The normalized spacial score (nSPS) is 24.2. The van der Waals surface area contributed by atoms with E-state index in [0.29, 0.717) is 12.8 Å². The smallest absolute Gasteiger partial charge is 0.233 e. The van der Waals surface area contributed by atoms with Gasteiger partial charge < -0.3 is 4.57 Å². The van der Waals surface area contributed by atoms with E-state index in [-0.39, 0.29) is 29.7 Å². The number of imidazole rings is 1. The van der Waals surface area contributed by atoms with Crippen LogP contribution in [0.3, 0.4) is 0 Å². The summed E-state index contributed by atoms with van der Waals surface area (Å²) in [5.74, 6) is -0.396. The molecule has 128 valence electrons. The molecule has 0 bridgehead atoms. The highest BCUT2D eigenvalue weighted by molar-refractivity contribution is 6.05. The van der Waals surface area contributed by atoms with Crippen LogP contribution in [-0.4, -0.2) is 26.3 Å². The average Bonchev–Trinajstić information content (AvgIpc) is 3.23. The minimum Gasteiger partial charge on any atom is -0.306 e. The van der Waals surface area contributed by atoms with Crippen LogP contribution in [0.5, 0.6) is 0 Å². The Hall–Kier alpha value is -2.69. The van der Waals surface area contributed by atoms with Crippen molar-refractivity contribution in [3.05, 3.63) is 60.2 Å². The molecule has 0 spiro atoms. The summed E-state index contributed by atoms with van der Waals surface area (Å²) in [5, 5.41) is 0. The zero-order chi connectivity index (χ0) is 17.6. The molecule has 5 heteroatoms. The molecule has 1 aliphatic heterocycles. The Kier molecular flexibility index (Phi) is 3.79. The van der Waals surface area contributed by atoms with Crippen LogP contribution in [0, 0.1) is 11.8 Å². The van der Waals surface area contributed by atoms with Gasteiger partial charge in [-0.2, -0.15) is 0 Å². The Morgan fingerprint density at radius 2 is 1.84 bits per heavy atom. The lowest BCUT2D eigenvalue weighted by molar-refractivity contribution is -0.142. The van der Waals surface area contributed by atoms with Crippen molar-refractivity contribution in [3.63, 3.8) is 0 Å². The van der Waals surface area contributed by atoms with Gasteiger partial charge in [-0.15, -0.1) is 0 Å². The highest BCUT2D eigenvalue weighted by atomic mass is 16.2. The lowest BCUT2D eigenvalue weighted by Crippen LogP contribution is -2.33. The van der Waals surface area contributed by atoms with Crippen molar-refractivity contribution in [1.82, 2.24) is 14.5 Å². The van der Waals surface area contributed by atoms with E-state index in [0.717, 1.165) is 11.3 Å². The number of amides is 2. The zero-order valence-electron chi connectivity index (χ0n) is 14.4. The molecule has 1 fully saturated rings. The van der Waals surface area contributed by atoms with Gasteiger partial charge in [0.1, 0.15) is 0 Å². The fourth-order valence-corrected chi connectivity index (χ4v) is 3.93. The first-order valence-corrected chi connectivity index (χ1v) is 8.67. The molecular weight excluding hydrogens is 314 g/mol. The van der Waals surface area contributed by atoms with Gasteiger partial charge >= 0.3 is 0 Å². The predicted octanol–water partition coefficient (Wildman–Crippen LogP) is 3.27. The molecule has 2 aromatic rings. The SMILES string of the molecule is CC1=CC[C@@H]2C(=O)N([C@@H](C)c3ccc(-n4ccnc4)cc3)C(=O)[C@H]2C1. The van der Waals surface area contributed by atoms with Gasteiger partial charge in [-0.3, -0.25) is 14.5 Å². The number of carbonyl (C=O) groups excluding carboxylic acids is 2. The Morgan fingerprint density at radius 1 is 1.12 bits per heavy atom. The van der Waals surface area contributed by atoms with E-state index in [9.17, 15) is 9.59 Å². The fourth-order valence-electron chi connectivity index (χ4n) is 3.93. The molecule has 2 heterocycles. The molecule has 0 N–H and O–H groups in total. The van der Waals surface area contributed by atoms with Gasteiger partial charge in [-0.25, -0.2) is 4.98 Å². The maximum absolute atomic E-state index is 12.8. The van der Waals surface area contributed by atoms with Crippen LogP contribution in [0.25, 0.3) is 5.69 Å². The van der Waals surface area contributed by atoms with Crippen LogP contribution >= 0.6 is 0 Å². The summed E-state index contributed by atoms with van der Waals surface area (Å²) in [6.45, 7) is 3.97. The number of fused-ring (bicyclic) bond motifs is 1. The molecule has 1 aromatic heterocycles. The van der Waals surface area contributed by atoms with Crippen molar-refractivity contribution in [3.8, 4) is 5.69 Å². The molecule has 2 amide bonds. The molecule has 4 rings (SSSR count). The van der Waals surface area contributed by atoms with Crippen molar-refractivity contribution in [1.29, 1.82) is 0 Å². The summed E-state index contributed by atoms with van der Waals surface area (Å²) < 4.78 is 1.92. The van der Waals surface area contributed by atoms with Crippen LogP contribution < -0.4 is 0 Å². The van der Waals surface area contributed by atoms with E-state index >= 15 is 0 Å². The highest BCUT2D eigenvalue weighted by Gasteiger charge is 2.49. The van der Waals surface area contributed by atoms with Gasteiger partial charge in [-0.1, -0.05) is 23.8 Å². The Bertz CT molecular complexity index is 836. The molecule has 1 saturated heterocycles. The second-order valence-electron chi connectivity index (χ2n) is 6.99. The first-order valence-electron chi connectivity index (χ1n) is 8.67. The number of allylic oxidation sites excluding steroid dienone is 2. The van der Waals surface area contributed by atoms with E-state index in [1.807, 2.05) is 48.9 Å². The van der Waals surface area contributed by atoms with Crippen molar-refractivity contribution >= 4 is 11.8 Å². The number of carbonyl (C=O) groups is 2. The third-order valence-electron chi connectivity index (χ3n) is 5.42. The van der Waals surface area contributed by atoms with E-state index in [4.69, 9.17) is 0 Å². The number of hydrogen-bond acceptors (Lipinski definition) is 3. The Balaban J connectivity index is 1.58. The monoisotopic (exact) mass is 335 g/mol. The molecule has 0 radical (unpaired) electrons. The van der Waals surface area contributed by atoms with Crippen LogP contribution in [0.4, 0.5) is 0 Å². The van der Waals surface area contributed by atoms with Crippen molar-refractivity contribution in [2.24, 2.45) is 11.8 Å². The van der Waals surface area contributed by atoms with E-state index in [1.54, 1.807) is 12.5 Å². The van der Waals surface area contributed by atoms with Crippen molar-refractivity contribution in [2.75, 3.05) is 0 Å². The second kappa shape index (κ2) is 5.99. The van der Waals surface area contributed by atoms with Gasteiger partial charge in [-0.05, 0) is 44.4 Å². The molecule has 3 atom stereocenters. The van der Waals surface area contributed by atoms with Crippen molar-refractivity contribution < 1.29 is 9.59 Å². The lowest BCUT2D eigenvalue weighted by Gasteiger charge is -2.24. The van der Waals surface area contributed by atoms with Gasteiger partial charge in [0, 0.05) is 18.1 Å². The summed E-state index contributed by atoms with van der Waals surface area (Å²) in [6, 6.07) is 7.68. The maximum Gasteiger partial charge on any atom is 0.233 e. The second-order valence-corrected chi connectivity index (χ2v) is 6.99. The number of imide groups is 1. The Morgan fingerprint density at radius 3 is 2.52 bits per heavy atom. The van der Waals surface area contributed by atoms with Gasteiger partial charge in [0.05, 0.1) is 24.2 Å². The standard InChI is InChI=1S/C20H21N3O2/c1-13-3-8-17-18(11-13)20(25)23(19(17)24)14(2)15-4-6-16(7-5-15)22-10-9-21-12-22/h3-7,9-10,12,14,17-18H,8,11H2,1-2H3/t14-,17-,18-/m0/s1. The van der Waals surface area contributed by atoms with E-state index in [2.05, 4.69) is 11.1 Å². The maximum atomic E-state index is 12.8. The average molecular weight is 335 g/mol. The summed E-state index contributed by atoms with van der Waals surface area (Å²) in [7, 11) is 0. The third kappa shape index (κ3) is 2.60. The van der Waals surface area contributed by atoms with Gasteiger partial charge in [0.2, 0.25) is 11.8 Å². The zero-order valence-corrected chi connectivity index (χ0v) is 14.4. The molecule has 1 aliphatic carbocycles. The minimum atomic E-state index is -0.247. The molecule has 1 aromatic carbocycles. The van der Waals surface area contributed by atoms with E-state index in [1.165, 1.54) is 10.5 Å². The Labute approximate surface area is 147 Å². The first-order chi connectivity index (χ1) is 12.1. The molecule has 2 aliphatic rings. The van der Waals surface area contributed by atoms with Crippen molar-refractivity contribution in [2.45, 2.75) is 32.7 Å².